The van der Waals surface area contributed by atoms with Gasteiger partial charge in [-0.05, 0) is 49.4 Å². The number of nitrogens with one attached hydrogen (secondary N) is 1. The average molecular weight is 514 g/mol. The summed E-state index contributed by atoms with van der Waals surface area (Å²) in [5.74, 6) is -0.983. The zero-order valence-electron chi connectivity index (χ0n) is 19.6. The largest absolute Gasteiger partial charge is 0.497 e. The molecule has 3 aromatic rings. The van der Waals surface area contributed by atoms with Gasteiger partial charge in [0.1, 0.15) is 12.3 Å². The molecule has 0 aliphatic carbocycles. The molecule has 0 radical (unpaired) electrons. The Hall–Kier alpha value is -4.45. The minimum absolute atomic E-state index is 0.0846. The number of nitro benzene ring substituents is 1. The number of methoxy groups -OCH3 is 2. The lowest BCUT2D eigenvalue weighted by Crippen LogP contribution is -2.38. The first-order chi connectivity index (χ1) is 17.1. The van der Waals surface area contributed by atoms with Gasteiger partial charge in [-0.15, -0.1) is 0 Å². The van der Waals surface area contributed by atoms with Gasteiger partial charge in [-0.2, -0.15) is 0 Å². The number of hydrogen-bond acceptors (Lipinski definition) is 8. The third-order valence-electron chi connectivity index (χ3n) is 5.22. The first-order valence-electron chi connectivity index (χ1n) is 10.5. The highest BCUT2D eigenvalue weighted by Crippen LogP contribution is 2.29. The van der Waals surface area contributed by atoms with E-state index in [1.165, 1.54) is 69.7 Å². The molecule has 0 heterocycles. The number of nitrogens with zero attached hydrogens (tertiary/aromatic N) is 2. The molecule has 0 atom stereocenters. The van der Waals surface area contributed by atoms with E-state index in [1.54, 1.807) is 12.1 Å². The summed E-state index contributed by atoms with van der Waals surface area (Å²) in [5, 5.41) is 13.9. The van der Waals surface area contributed by atoms with Gasteiger partial charge in [0.2, 0.25) is 5.91 Å². The smallest absolute Gasteiger partial charge is 0.339 e. The molecular formula is C24H23N3O8S. The van der Waals surface area contributed by atoms with E-state index in [9.17, 15) is 28.1 Å². The van der Waals surface area contributed by atoms with Crippen molar-refractivity contribution >= 4 is 39.0 Å². The molecule has 36 heavy (non-hydrogen) atoms. The van der Waals surface area contributed by atoms with Crippen LogP contribution in [-0.2, 0) is 19.6 Å². The van der Waals surface area contributed by atoms with Crippen LogP contribution in [0.3, 0.4) is 0 Å². The lowest BCUT2D eigenvalue weighted by Gasteiger charge is -2.24. The number of carbonyl (C=O) groups excluding carboxylic acids is 2. The quantitative estimate of drug-likeness (QED) is 0.260. The van der Waals surface area contributed by atoms with Gasteiger partial charge in [0.25, 0.3) is 15.7 Å². The van der Waals surface area contributed by atoms with Crippen LogP contribution in [0, 0.1) is 17.0 Å². The molecular weight excluding hydrogens is 490 g/mol. The van der Waals surface area contributed by atoms with Crippen molar-refractivity contribution in [1.29, 1.82) is 0 Å². The lowest BCUT2D eigenvalue weighted by atomic mass is 10.2. The van der Waals surface area contributed by atoms with E-state index in [1.807, 2.05) is 0 Å². The number of rotatable bonds is 9. The monoisotopic (exact) mass is 513 g/mol. The normalized spacial score (nSPS) is 10.9. The number of ether oxygens (including phenoxy) is 2. The zero-order valence-corrected chi connectivity index (χ0v) is 20.4. The van der Waals surface area contributed by atoms with Gasteiger partial charge in [-0.3, -0.25) is 19.2 Å². The van der Waals surface area contributed by atoms with Gasteiger partial charge in [0.15, 0.2) is 0 Å². The second kappa shape index (κ2) is 10.9. The maximum absolute atomic E-state index is 13.6. The summed E-state index contributed by atoms with van der Waals surface area (Å²) in [6.45, 7) is 0.799. The molecule has 0 unspecified atom stereocenters. The number of benzene rings is 3. The number of hydrogen-bond donors (Lipinski definition) is 1. The summed E-state index contributed by atoms with van der Waals surface area (Å²) in [4.78, 5) is 35.4. The van der Waals surface area contributed by atoms with E-state index in [4.69, 9.17) is 9.47 Å². The molecule has 11 nitrogen and oxygen atoms in total. The number of esters is 1. The molecule has 188 valence electrons. The van der Waals surface area contributed by atoms with Crippen LogP contribution in [0.4, 0.5) is 17.1 Å². The number of aryl methyl sites for hydroxylation is 1. The average Bonchev–Trinajstić information content (AvgIpc) is 2.87. The number of carbonyl (C=O) groups is 2. The first-order valence-corrected chi connectivity index (χ1v) is 11.9. The molecule has 0 spiro atoms. The summed E-state index contributed by atoms with van der Waals surface area (Å²) in [5.41, 5.74) is 0.249. The molecule has 1 amide bonds. The number of nitro groups is 1. The molecule has 12 heteroatoms. The highest BCUT2D eigenvalue weighted by Gasteiger charge is 2.29. The third-order valence-corrected chi connectivity index (χ3v) is 6.99. The minimum Gasteiger partial charge on any atom is -0.497 e. The van der Waals surface area contributed by atoms with Crippen molar-refractivity contribution in [1.82, 2.24) is 0 Å². The van der Waals surface area contributed by atoms with Crippen LogP contribution in [0.5, 0.6) is 5.75 Å². The Bertz CT molecular complexity index is 1410. The number of para-hydroxylation sites is 1. The van der Waals surface area contributed by atoms with Gasteiger partial charge < -0.3 is 14.8 Å². The van der Waals surface area contributed by atoms with Gasteiger partial charge in [-0.1, -0.05) is 18.2 Å². The molecule has 0 aliphatic heterocycles. The van der Waals surface area contributed by atoms with E-state index in [0.717, 1.165) is 10.4 Å². The number of anilines is 2. The van der Waals surface area contributed by atoms with E-state index >= 15 is 0 Å². The van der Waals surface area contributed by atoms with Crippen LogP contribution in [0.1, 0.15) is 15.9 Å². The zero-order chi connectivity index (χ0) is 26.5. The van der Waals surface area contributed by atoms with Crippen LogP contribution >= 0.6 is 0 Å². The maximum atomic E-state index is 13.6. The third kappa shape index (κ3) is 5.61. The van der Waals surface area contributed by atoms with Crippen molar-refractivity contribution in [2.75, 3.05) is 30.4 Å². The fraction of sp³-hybridized carbons (Fsp3) is 0.167. The molecule has 3 aromatic carbocycles. The molecule has 0 fully saturated rings. The number of amides is 1. The van der Waals surface area contributed by atoms with Crippen molar-refractivity contribution < 1.29 is 32.4 Å². The van der Waals surface area contributed by atoms with Gasteiger partial charge in [0, 0.05) is 11.6 Å². The van der Waals surface area contributed by atoms with Crippen molar-refractivity contribution in [3.63, 3.8) is 0 Å². The van der Waals surface area contributed by atoms with Crippen molar-refractivity contribution in [2.45, 2.75) is 11.8 Å². The predicted octanol–water partition coefficient (Wildman–Crippen LogP) is 3.53. The first kappa shape index (κ1) is 26.2. The molecule has 0 aromatic heterocycles. The second-order valence-corrected chi connectivity index (χ2v) is 9.36. The molecule has 3 rings (SSSR count). The Labute approximate surface area is 207 Å². The molecule has 0 bridgehead atoms. The highest BCUT2D eigenvalue weighted by molar-refractivity contribution is 7.92. The Morgan fingerprint density at radius 3 is 2.31 bits per heavy atom. The summed E-state index contributed by atoms with van der Waals surface area (Å²) in [7, 11) is -1.79. The van der Waals surface area contributed by atoms with Crippen molar-refractivity contribution in [2.24, 2.45) is 0 Å². The predicted molar refractivity (Wildman–Crippen MR) is 132 cm³/mol. The van der Waals surface area contributed by atoms with Crippen LogP contribution in [0.25, 0.3) is 0 Å². The Morgan fingerprint density at radius 1 is 1.03 bits per heavy atom. The van der Waals surface area contributed by atoms with E-state index in [0.29, 0.717) is 5.75 Å². The molecule has 0 saturated heterocycles. The standard InChI is InChI=1S/C24H23N3O8S/c1-16-8-13-19(14-22(16)27(30)31)36(32,33)26(17-9-11-18(34-2)12-10-17)15-23(28)25-21-7-5-4-6-20(21)24(29)35-3/h4-14H,15H2,1-3H3,(H,25,28). The Kier molecular flexibility index (Phi) is 7.90. The summed E-state index contributed by atoms with van der Waals surface area (Å²) in [6, 6.07) is 15.5. The molecule has 1 N–H and O–H groups in total. The SMILES string of the molecule is COC(=O)c1ccccc1NC(=O)CN(c1ccc(OC)cc1)S(=O)(=O)c1ccc(C)c([N+](=O)[O-])c1. The van der Waals surface area contributed by atoms with Crippen LogP contribution < -0.4 is 14.4 Å². The highest BCUT2D eigenvalue weighted by atomic mass is 32.2. The van der Waals surface area contributed by atoms with E-state index in [-0.39, 0.29) is 33.1 Å². The molecule has 0 aliphatic rings. The van der Waals surface area contributed by atoms with E-state index in [2.05, 4.69) is 5.32 Å². The van der Waals surface area contributed by atoms with Crippen LogP contribution in [-0.4, -0.2) is 46.0 Å². The van der Waals surface area contributed by atoms with Crippen molar-refractivity contribution in [3.05, 3.63) is 88.0 Å². The van der Waals surface area contributed by atoms with E-state index < -0.39 is 33.4 Å². The summed E-state index contributed by atoms with van der Waals surface area (Å²) >= 11 is 0. The number of sulfonamides is 1. The summed E-state index contributed by atoms with van der Waals surface area (Å²) in [6.07, 6.45) is 0. The lowest BCUT2D eigenvalue weighted by molar-refractivity contribution is -0.385. The second-order valence-electron chi connectivity index (χ2n) is 7.50. The molecule has 0 saturated carbocycles. The fourth-order valence-corrected chi connectivity index (χ4v) is 4.78. The fourth-order valence-electron chi connectivity index (χ4n) is 3.34. The van der Waals surface area contributed by atoms with Crippen molar-refractivity contribution in [3.8, 4) is 5.75 Å². The maximum Gasteiger partial charge on any atom is 0.339 e. The van der Waals surface area contributed by atoms with Gasteiger partial charge in [-0.25, -0.2) is 13.2 Å². The van der Waals surface area contributed by atoms with Gasteiger partial charge >= 0.3 is 5.97 Å². The van der Waals surface area contributed by atoms with Crippen LogP contribution in [0.15, 0.2) is 71.6 Å². The summed E-state index contributed by atoms with van der Waals surface area (Å²) < 4.78 is 37.9. The Morgan fingerprint density at radius 2 is 1.69 bits per heavy atom. The minimum atomic E-state index is -4.43. The van der Waals surface area contributed by atoms with Crippen LogP contribution in [0.2, 0.25) is 0 Å². The topological polar surface area (TPSA) is 145 Å². The van der Waals surface area contributed by atoms with Gasteiger partial charge in [0.05, 0.1) is 41.0 Å². The Balaban J connectivity index is 2.02.